The van der Waals surface area contributed by atoms with Gasteiger partial charge in [-0.3, -0.25) is 14.4 Å². The maximum absolute atomic E-state index is 12.3. The Morgan fingerprint density at radius 1 is 1.07 bits per heavy atom. The second-order valence-corrected chi connectivity index (χ2v) is 6.88. The monoisotopic (exact) mass is 418 g/mol. The highest BCUT2D eigenvalue weighted by Gasteiger charge is 2.20. The van der Waals surface area contributed by atoms with Gasteiger partial charge in [0.15, 0.2) is 6.10 Å². The van der Waals surface area contributed by atoms with Crippen molar-refractivity contribution in [3.8, 4) is 5.75 Å². The fourth-order valence-corrected chi connectivity index (χ4v) is 2.61. The largest absolute Gasteiger partial charge is 0.495 e. The zero-order chi connectivity index (χ0) is 21.6. The van der Waals surface area contributed by atoms with Gasteiger partial charge in [-0.1, -0.05) is 17.7 Å². The van der Waals surface area contributed by atoms with E-state index < -0.39 is 23.9 Å². The van der Waals surface area contributed by atoms with Crippen molar-refractivity contribution in [2.45, 2.75) is 26.9 Å². The Hall–Kier alpha value is -3.06. The number of esters is 1. The topological polar surface area (TPSA) is 93.7 Å². The fourth-order valence-electron chi connectivity index (χ4n) is 2.44. The smallest absolute Gasteiger partial charge is 0.326 e. The van der Waals surface area contributed by atoms with E-state index in [1.807, 2.05) is 19.9 Å². The Morgan fingerprint density at radius 3 is 2.45 bits per heavy atom. The summed E-state index contributed by atoms with van der Waals surface area (Å²) < 4.78 is 10.2. The molecule has 0 bridgehead atoms. The second-order valence-electron chi connectivity index (χ2n) is 6.45. The normalized spacial score (nSPS) is 11.3. The minimum atomic E-state index is -1.08. The third kappa shape index (κ3) is 6.22. The van der Waals surface area contributed by atoms with Crippen LogP contribution in [0, 0.1) is 13.8 Å². The average molecular weight is 419 g/mol. The number of methoxy groups -OCH3 is 1. The Balaban J connectivity index is 1.88. The minimum Gasteiger partial charge on any atom is -0.495 e. The minimum absolute atomic E-state index is 0.357. The van der Waals surface area contributed by atoms with Gasteiger partial charge in [0.25, 0.3) is 11.8 Å². The molecule has 0 saturated heterocycles. The number of nitrogens with one attached hydrogen (secondary N) is 2. The first-order valence-corrected chi connectivity index (χ1v) is 9.28. The first-order valence-electron chi connectivity index (χ1n) is 8.90. The van der Waals surface area contributed by atoms with Crippen molar-refractivity contribution >= 4 is 35.1 Å². The van der Waals surface area contributed by atoms with Gasteiger partial charge < -0.3 is 20.1 Å². The van der Waals surface area contributed by atoms with Crippen molar-refractivity contribution in [2.75, 3.05) is 19.0 Å². The van der Waals surface area contributed by atoms with Crippen LogP contribution in [0.3, 0.4) is 0 Å². The van der Waals surface area contributed by atoms with E-state index in [0.717, 1.165) is 11.1 Å². The lowest BCUT2D eigenvalue weighted by molar-refractivity contribution is -0.152. The number of anilines is 1. The van der Waals surface area contributed by atoms with Crippen LogP contribution >= 0.6 is 11.6 Å². The molecule has 2 aromatic rings. The summed E-state index contributed by atoms with van der Waals surface area (Å²) in [6, 6.07) is 10.0. The van der Waals surface area contributed by atoms with Gasteiger partial charge in [0, 0.05) is 10.6 Å². The molecule has 29 heavy (non-hydrogen) atoms. The Kier molecular flexibility index (Phi) is 7.61. The molecule has 0 saturated carbocycles. The number of hydrogen-bond donors (Lipinski definition) is 2. The molecule has 0 unspecified atom stereocenters. The summed E-state index contributed by atoms with van der Waals surface area (Å²) in [6.45, 7) is 4.91. The molecule has 2 rings (SSSR count). The summed E-state index contributed by atoms with van der Waals surface area (Å²) in [5, 5.41) is 5.50. The van der Waals surface area contributed by atoms with E-state index in [4.69, 9.17) is 21.1 Å². The third-order valence-electron chi connectivity index (χ3n) is 4.26. The quantitative estimate of drug-likeness (QED) is 0.673. The van der Waals surface area contributed by atoms with E-state index in [1.165, 1.54) is 20.1 Å². The van der Waals surface area contributed by atoms with Crippen LogP contribution in [0.4, 0.5) is 5.69 Å². The maximum Gasteiger partial charge on any atom is 0.326 e. The maximum atomic E-state index is 12.3. The molecule has 0 aliphatic heterocycles. The number of halogens is 1. The number of carbonyl (C=O) groups excluding carboxylic acids is 3. The van der Waals surface area contributed by atoms with Crippen LogP contribution in [0.2, 0.25) is 5.02 Å². The average Bonchev–Trinajstić information content (AvgIpc) is 2.68. The molecule has 0 aliphatic carbocycles. The molecule has 0 heterocycles. The second kappa shape index (κ2) is 9.93. The molecular formula is C21H23ClN2O5. The molecule has 2 amide bonds. The van der Waals surface area contributed by atoms with Gasteiger partial charge in [-0.05, 0) is 62.2 Å². The van der Waals surface area contributed by atoms with Gasteiger partial charge in [0.05, 0.1) is 12.8 Å². The van der Waals surface area contributed by atoms with Crippen LogP contribution < -0.4 is 15.4 Å². The molecule has 8 heteroatoms. The number of hydrogen-bond acceptors (Lipinski definition) is 5. The summed E-state index contributed by atoms with van der Waals surface area (Å²) in [7, 11) is 1.46. The van der Waals surface area contributed by atoms with Gasteiger partial charge in [-0.2, -0.15) is 0 Å². The number of benzene rings is 2. The van der Waals surface area contributed by atoms with E-state index in [0.29, 0.717) is 22.0 Å². The standard InChI is InChI=1S/C21H23ClN2O5/c1-12-5-6-15(9-13(12)2)21(27)23-11-19(25)29-14(3)20(26)24-17-10-16(22)7-8-18(17)28-4/h5-10,14H,11H2,1-4H3,(H,23,27)(H,24,26)/t14-/m0/s1. The zero-order valence-electron chi connectivity index (χ0n) is 16.7. The highest BCUT2D eigenvalue weighted by molar-refractivity contribution is 6.31. The number of amides is 2. The number of rotatable bonds is 7. The molecule has 0 fully saturated rings. The molecule has 0 aliphatic rings. The van der Waals surface area contributed by atoms with E-state index in [-0.39, 0.29) is 6.54 Å². The number of ether oxygens (including phenoxy) is 2. The van der Waals surface area contributed by atoms with Crippen LogP contribution in [-0.2, 0) is 14.3 Å². The first-order chi connectivity index (χ1) is 13.7. The molecule has 1 atom stereocenters. The lowest BCUT2D eigenvalue weighted by Gasteiger charge is -2.15. The van der Waals surface area contributed by atoms with E-state index in [9.17, 15) is 14.4 Å². The third-order valence-corrected chi connectivity index (χ3v) is 4.49. The molecule has 154 valence electrons. The fraction of sp³-hybridized carbons (Fsp3) is 0.286. The SMILES string of the molecule is COc1ccc(Cl)cc1NC(=O)[C@H](C)OC(=O)CNC(=O)c1ccc(C)c(C)c1. The highest BCUT2D eigenvalue weighted by atomic mass is 35.5. The number of aryl methyl sites for hydroxylation is 2. The molecule has 0 radical (unpaired) electrons. The molecule has 7 nitrogen and oxygen atoms in total. The van der Waals surface area contributed by atoms with Gasteiger partial charge in [0.1, 0.15) is 12.3 Å². The van der Waals surface area contributed by atoms with Gasteiger partial charge in [0.2, 0.25) is 0 Å². The van der Waals surface area contributed by atoms with E-state index >= 15 is 0 Å². The Morgan fingerprint density at radius 2 is 1.79 bits per heavy atom. The molecular weight excluding hydrogens is 396 g/mol. The van der Waals surface area contributed by atoms with Crippen LogP contribution in [0.15, 0.2) is 36.4 Å². The van der Waals surface area contributed by atoms with Crippen molar-refractivity contribution < 1.29 is 23.9 Å². The van der Waals surface area contributed by atoms with Crippen LogP contribution in [-0.4, -0.2) is 37.5 Å². The van der Waals surface area contributed by atoms with Gasteiger partial charge in [-0.25, -0.2) is 0 Å². The predicted molar refractivity (Wildman–Crippen MR) is 110 cm³/mol. The molecule has 2 aromatic carbocycles. The van der Waals surface area contributed by atoms with Crippen LogP contribution in [0.1, 0.15) is 28.4 Å². The van der Waals surface area contributed by atoms with Crippen molar-refractivity contribution in [3.05, 3.63) is 58.1 Å². The van der Waals surface area contributed by atoms with Crippen molar-refractivity contribution in [1.29, 1.82) is 0 Å². The molecule has 2 N–H and O–H groups in total. The highest BCUT2D eigenvalue weighted by Crippen LogP contribution is 2.27. The summed E-state index contributed by atoms with van der Waals surface area (Å²) in [6.07, 6.45) is -1.08. The van der Waals surface area contributed by atoms with Crippen LogP contribution in [0.25, 0.3) is 0 Å². The van der Waals surface area contributed by atoms with Crippen molar-refractivity contribution in [1.82, 2.24) is 5.32 Å². The molecule has 0 aromatic heterocycles. The van der Waals surface area contributed by atoms with Gasteiger partial charge >= 0.3 is 5.97 Å². The lowest BCUT2D eigenvalue weighted by Crippen LogP contribution is -2.35. The first kappa shape index (κ1) is 22.2. The summed E-state index contributed by atoms with van der Waals surface area (Å²) in [5.74, 6) is -1.27. The summed E-state index contributed by atoms with van der Waals surface area (Å²) in [5.41, 5.74) is 2.84. The van der Waals surface area contributed by atoms with Crippen LogP contribution in [0.5, 0.6) is 5.75 Å². The summed E-state index contributed by atoms with van der Waals surface area (Å²) in [4.78, 5) is 36.4. The Labute approximate surface area is 174 Å². The van der Waals surface area contributed by atoms with E-state index in [2.05, 4.69) is 10.6 Å². The van der Waals surface area contributed by atoms with E-state index in [1.54, 1.807) is 24.3 Å². The predicted octanol–water partition coefficient (Wildman–Crippen LogP) is 3.27. The number of carbonyl (C=O) groups is 3. The van der Waals surface area contributed by atoms with Crippen molar-refractivity contribution in [2.24, 2.45) is 0 Å². The lowest BCUT2D eigenvalue weighted by atomic mass is 10.1. The summed E-state index contributed by atoms with van der Waals surface area (Å²) >= 11 is 5.93. The zero-order valence-corrected chi connectivity index (χ0v) is 17.4. The Bertz CT molecular complexity index is 929. The van der Waals surface area contributed by atoms with Crippen molar-refractivity contribution in [3.63, 3.8) is 0 Å². The van der Waals surface area contributed by atoms with Gasteiger partial charge in [-0.15, -0.1) is 0 Å². The molecule has 0 spiro atoms.